The molecule has 0 bridgehead atoms. The van der Waals surface area contributed by atoms with Crippen molar-refractivity contribution in [3.63, 3.8) is 0 Å². The molecule has 0 atom stereocenters. The molecule has 7 nitrogen and oxygen atoms in total. The van der Waals surface area contributed by atoms with Crippen LogP contribution in [0.3, 0.4) is 0 Å². The minimum absolute atomic E-state index is 0.0371. The molecule has 0 aliphatic heterocycles. The molecule has 3 aromatic carbocycles. The fourth-order valence-electron chi connectivity index (χ4n) is 3.88. The maximum absolute atomic E-state index is 12.7. The van der Waals surface area contributed by atoms with Crippen molar-refractivity contribution < 1.29 is 29.3 Å². The predicted molar refractivity (Wildman–Crippen MR) is 109 cm³/mol. The highest BCUT2D eigenvalue weighted by Gasteiger charge is 2.30. The number of anilines is 1. The highest BCUT2D eigenvalue weighted by Crippen LogP contribution is 2.44. The van der Waals surface area contributed by atoms with Gasteiger partial charge in [0, 0.05) is 5.92 Å². The number of aromatic carboxylic acids is 2. The lowest BCUT2D eigenvalue weighted by Crippen LogP contribution is -2.18. The van der Waals surface area contributed by atoms with E-state index in [2.05, 4.69) is 0 Å². The van der Waals surface area contributed by atoms with Crippen LogP contribution < -0.4 is 5.73 Å². The van der Waals surface area contributed by atoms with Crippen molar-refractivity contribution in [1.29, 1.82) is 0 Å². The quantitative estimate of drug-likeness (QED) is 0.438. The molecule has 4 rings (SSSR count). The SMILES string of the molecule is Nc1c(C(=O)OCC2c3ccccc3-c3ccccc32)ccc(C(=O)O)c1C(=O)O. The van der Waals surface area contributed by atoms with Gasteiger partial charge in [-0.15, -0.1) is 0 Å². The van der Waals surface area contributed by atoms with E-state index in [0.29, 0.717) is 0 Å². The van der Waals surface area contributed by atoms with Crippen molar-refractivity contribution in [2.45, 2.75) is 5.92 Å². The summed E-state index contributed by atoms with van der Waals surface area (Å²) in [6.07, 6.45) is 0. The Hall–Kier alpha value is -4.13. The maximum atomic E-state index is 12.7. The molecule has 1 aliphatic rings. The summed E-state index contributed by atoms with van der Waals surface area (Å²) in [4.78, 5) is 35.4. The lowest BCUT2D eigenvalue weighted by molar-refractivity contribution is 0.0493. The van der Waals surface area contributed by atoms with E-state index in [1.54, 1.807) is 0 Å². The summed E-state index contributed by atoms with van der Waals surface area (Å²) in [6, 6.07) is 17.9. The molecule has 0 unspecified atom stereocenters. The van der Waals surface area contributed by atoms with E-state index in [1.165, 1.54) is 6.07 Å². The van der Waals surface area contributed by atoms with Gasteiger partial charge in [0.2, 0.25) is 0 Å². The van der Waals surface area contributed by atoms with Gasteiger partial charge in [-0.2, -0.15) is 0 Å². The van der Waals surface area contributed by atoms with Crippen LogP contribution in [-0.2, 0) is 4.74 Å². The molecule has 0 amide bonds. The number of nitrogen functional groups attached to an aromatic ring is 1. The Balaban J connectivity index is 1.63. The molecule has 0 aromatic heterocycles. The molecule has 30 heavy (non-hydrogen) atoms. The van der Waals surface area contributed by atoms with E-state index in [-0.39, 0.29) is 18.1 Å². The lowest BCUT2D eigenvalue weighted by Gasteiger charge is -2.15. The summed E-state index contributed by atoms with van der Waals surface area (Å²) in [6.45, 7) is 0.0371. The lowest BCUT2D eigenvalue weighted by atomic mass is 9.98. The molecule has 0 saturated carbocycles. The van der Waals surface area contributed by atoms with E-state index in [0.717, 1.165) is 28.3 Å². The third-order valence-corrected chi connectivity index (χ3v) is 5.25. The topological polar surface area (TPSA) is 127 Å². The van der Waals surface area contributed by atoms with Gasteiger partial charge in [-0.25, -0.2) is 14.4 Å². The normalized spacial score (nSPS) is 12.1. The van der Waals surface area contributed by atoms with Gasteiger partial charge in [-0.3, -0.25) is 0 Å². The minimum atomic E-state index is -1.53. The van der Waals surface area contributed by atoms with E-state index in [9.17, 15) is 19.5 Å². The van der Waals surface area contributed by atoms with Crippen LogP contribution in [0.1, 0.15) is 48.1 Å². The van der Waals surface area contributed by atoms with Crippen LogP contribution in [0.5, 0.6) is 0 Å². The number of carboxylic acids is 2. The molecule has 0 saturated heterocycles. The average Bonchev–Trinajstić information content (AvgIpc) is 3.05. The first kappa shape index (κ1) is 19.2. The standard InChI is InChI=1S/C23H17NO6/c24-20-17(10-9-16(21(25)26)19(20)22(27)28)23(29)30-11-18-14-7-3-1-5-12(14)13-6-2-4-8-15(13)18/h1-10,18H,11,24H2,(H,25,26)(H,27,28). The van der Waals surface area contributed by atoms with Crippen LogP contribution in [0.25, 0.3) is 11.1 Å². The molecular formula is C23H17NO6. The molecule has 7 heteroatoms. The van der Waals surface area contributed by atoms with E-state index in [4.69, 9.17) is 15.6 Å². The molecule has 3 aromatic rings. The van der Waals surface area contributed by atoms with E-state index < -0.39 is 34.7 Å². The Morgan fingerprint density at radius 1 is 0.800 bits per heavy atom. The largest absolute Gasteiger partial charge is 0.478 e. The van der Waals surface area contributed by atoms with E-state index >= 15 is 0 Å². The smallest absolute Gasteiger partial charge is 0.340 e. The fraction of sp³-hybridized carbons (Fsp3) is 0.0870. The monoisotopic (exact) mass is 403 g/mol. The number of esters is 1. The van der Waals surface area contributed by atoms with Crippen molar-refractivity contribution in [2.24, 2.45) is 0 Å². The van der Waals surface area contributed by atoms with Crippen LogP contribution in [0.15, 0.2) is 60.7 Å². The number of carbonyl (C=O) groups is 3. The highest BCUT2D eigenvalue weighted by molar-refractivity contribution is 6.10. The van der Waals surface area contributed by atoms with Crippen molar-refractivity contribution in [2.75, 3.05) is 12.3 Å². The molecule has 0 fully saturated rings. The zero-order chi connectivity index (χ0) is 21.4. The van der Waals surface area contributed by atoms with Crippen LogP contribution in [0.4, 0.5) is 5.69 Å². The summed E-state index contributed by atoms with van der Waals surface area (Å²) < 4.78 is 5.48. The maximum Gasteiger partial charge on any atom is 0.340 e. The van der Waals surface area contributed by atoms with Crippen molar-refractivity contribution >= 4 is 23.6 Å². The fourth-order valence-corrected chi connectivity index (χ4v) is 3.88. The molecular weight excluding hydrogens is 386 g/mol. The van der Waals surface area contributed by atoms with Crippen LogP contribution >= 0.6 is 0 Å². The second kappa shape index (κ2) is 7.36. The summed E-state index contributed by atoms with van der Waals surface area (Å²) in [5, 5.41) is 18.5. The van der Waals surface area contributed by atoms with Gasteiger partial charge in [0.15, 0.2) is 0 Å². The molecule has 1 aliphatic carbocycles. The van der Waals surface area contributed by atoms with Gasteiger partial charge >= 0.3 is 17.9 Å². The highest BCUT2D eigenvalue weighted by atomic mass is 16.5. The second-order valence-electron chi connectivity index (χ2n) is 6.89. The van der Waals surface area contributed by atoms with Gasteiger partial charge in [-0.1, -0.05) is 48.5 Å². The van der Waals surface area contributed by atoms with Crippen LogP contribution in [0, 0.1) is 0 Å². The third kappa shape index (κ3) is 3.06. The van der Waals surface area contributed by atoms with E-state index in [1.807, 2.05) is 48.5 Å². The van der Waals surface area contributed by atoms with Gasteiger partial charge in [0.1, 0.15) is 6.61 Å². The predicted octanol–water partition coefficient (Wildman–Crippen LogP) is 3.63. The van der Waals surface area contributed by atoms with Crippen LogP contribution in [-0.4, -0.2) is 34.7 Å². The Morgan fingerprint density at radius 2 is 1.33 bits per heavy atom. The summed E-state index contributed by atoms with van der Waals surface area (Å²) in [5.74, 6) is -3.95. The van der Waals surface area contributed by atoms with Gasteiger partial charge in [0.05, 0.1) is 22.4 Å². The third-order valence-electron chi connectivity index (χ3n) is 5.25. The Morgan fingerprint density at radius 3 is 1.87 bits per heavy atom. The number of ether oxygens (including phenoxy) is 1. The van der Waals surface area contributed by atoms with Gasteiger partial charge < -0.3 is 20.7 Å². The minimum Gasteiger partial charge on any atom is -0.478 e. The molecule has 150 valence electrons. The van der Waals surface area contributed by atoms with Crippen LogP contribution in [0.2, 0.25) is 0 Å². The summed E-state index contributed by atoms with van der Waals surface area (Å²) in [5.41, 5.74) is 8.30. The van der Waals surface area contributed by atoms with Crippen molar-refractivity contribution in [1.82, 2.24) is 0 Å². The van der Waals surface area contributed by atoms with Crippen molar-refractivity contribution in [3.8, 4) is 11.1 Å². The van der Waals surface area contributed by atoms with Gasteiger partial charge in [-0.05, 0) is 34.4 Å². The Kier molecular flexibility index (Phi) is 4.71. The average molecular weight is 403 g/mol. The summed E-state index contributed by atoms with van der Waals surface area (Å²) in [7, 11) is 0. The van der Waals surface area contributed by atoms with Crippen molar-refractivity contribution in [3.05, 3.63) is 88.5 Å². The first-order chi connectivity index (χ1) is 14.4. The first-order valence-corrected chi connectivity index (χ1v) is 9.14. The van der Waals surface area contributed by atoms with Gasteiger partial charge in [0.25, 0.3) is 0 Å². The zero-order valence-electron chi connectivity index (χ0n) is 15.7. The molecule has 0 heterocycles. The number of rotatable bonds is 5. The Bertz CT molecular complexity index is 1150. The molecule has 0 spiro atoms. The first-order valence-electron chi connectivity index (χ1n) is 9.14. The summed E-state index contributed by atoms with van der Waals surface area (Å²) >= 11 is 0. The number of benzene rings is 3. The number of carbonyl (C=O) groups excluding carboxylic acids is 1. The number of fused-ring (bicyclic) bond motifs is 3. The Labute approximate surface area is 171 Å². The second-order valence-corrected chi connectivity index (χ2v) is 6.89. The number of carboxylic acid groups (broad SMARTS) is 2. The zero-order valence-corrected chi connectivity index (χ0v) is 15.7. The number of nitrogens with two attached hydrogens (primary N) is 1. The number of hydrogen-bond donors (Lipinski definition) is 3. The number of hydrogen-bond acceptors (Lipinski definition) is 5. The molecule has 0 radical (unpaired) electrons. The molecule has 4 N–H and O–H groups in total.